The SMILES string of the molecule is NC(=O)NC[C@H]1CCCCN1C(=O)c1ccc(OC[C@@H]2CCCO2)cc1. The average molecular weight is 361 g/mol. The van der Waals surface area contributed by atoms with Crippen LogP contribution in [0.25, 0.3) is 0 Å². The molecule has 0 radical (unpaired) electrons. The lowest BCUT2D eigenvalue weighted by atomic mass is 10.0. The number of benzene rings is 1. The van der Waals surface area contributed by atoms with Crippen molar-refractivity contribution in [3.63, 3.8) is 0 Å². The van der Waals surface area contributed by atoms with Gasteiger partial charge >= 0.3 is 6.03 Å². The molecule has 0 unspecified atom stereocenters. The van der Waals surface area contributed by atoms with E-state index in [1.807, 2.05) is 17.0 Å². The second-order valence-corrected chi connectivity index (χ2v) is 6.86. The van der Waals surface area contributed by atoms with Crippen molar-refractivity contribution in [2.75, 3.05) is 26.3 Å². The van der Waals surface area contributed by atoms with Crippen molar-refractivity contribution in [2.24, 2.45) is 5.73 Å². The van der Waals surface area contributed by atoms with Crippen molar-refractivity contribution >= 4 is 11.9 Å². The van der Waals surface area contributed by atoms with Crippen LogP contribution < -0.4 is 15.8 Å². The van der Waals surface area contributed by atoms with E-state index in [1.165, 1.54) is 0 Å². The van der Waals surface area contributed by atoms with Gasteiger partial charge in [0.25, 0.3) is 5.91 Å². The number of primary amides is 1. The summed E-state index contributed by atoms with van der Waals surface area (Å²) in [5.41, 5.74) is 5.78. The third-order valence-electron chi connectivity index (χ3n) is 4.96. The minimum absolute atomic E-state index is 0.0146. The molecule has 2 saturated heterocycles. The molecule has 2 fully saturated rings. The zero-order chi connectivity index (χ0) is 18.4. The molecule has 3 N–H and O–H groups in total. The molecule has 7 nitrogen and oxygen atoms in total. The summed E-state index contributed by atoms with van der Waals surface area (Å²) in [6.07, 6.45) is 5.18. The lowest BCUT2D eigenvalue weighted by molar-refractivity contribution is 0.0614. The molecule has 26 heavy (non-hydrogen) atoms. The van der Waals surface area contributed by atoms with Gasteiger partial charge in [0.05, 0.1) is 6.10 Å². The number of amides is 3. The van der Waals surface area contributed by atoms with Crippen LogP contribution in [0.1, 0.15) is 42.5 Å². The minimum atomic E-state index is -0.560. The molecule has 1 aromatic rings. The van der Waals surface area contributed by atoms with Gasteiger partial charge < -0.3 is 25.4 Å². The highest BCUT2D eigenvalue weighted by Crippen LogP contribution is 2.21. The second kappa shape index (κ2) is 8.89. The first-order valence-electron chi connectivity index (χ1n) is 9.32. The van der Waals surface area contributed by atoms with Crippen molar-refractivity contribution < 1.29 is 19.1 Å². The number of carbonyl (C=O) groups excluding carboxylic acids is 2. The lowest BCUT2D eigenvalue weighted by Gasteiger charge is -2.35. The first-order valence-corrected chi connectivity index (χ1v) is 9.32. The van der Waals surface area contributed by atoms with Gasteiger partial charge in [-0.15, -0.1) is 0 Å². The Hall–Kier alpha value is -2.28. The summed E-state index contributed by atoms with van der Waals surface area (Å²) in [6, 6.07) is 6.65. The Bertz CT molecular complexity index is 614. The van der Waals surface area contributed by atoms with E-state index < -0.39 is 6.03 Å². The normalized spacial score (nSPS) is 22.8. The van der Waals surface area contributed by atoms with E-state index in [0.717, 1.165) is 44.5 Å². The highest BCUT2D eigenvalue weighted by molar-refractivity contribution is 5.94. The quantitative estimate of drug-likeness (QED) is 0.809. The number of hydrogen-bond acceptors (Lipinski definition) is 4. The molecule has 2 aliphatic rings. The smallest absolute Gasteiger partial charge is 0.312 e. The molecule has 2 aliphatic heterocycles. The monoisotopic (exact) mass is 361 g/mol. The van der Waals surface area contributed by atoms with Crippen molar-refractivity contribution in [2.45, 2.75) is 44.2 Å². The van der Waals surface area contributed by atoms with Gasteiger partial charge in [-0.1, -0.05) is 0 Å². The van der Waals surface area contributed by atoms with E-state index in [0.29, 0.717) is 25.3 Å². The molecule has 3 rings (SSSR count). The molecule has 0 aromatic heterocycles. The molecule has 2 atom stereocenters. The van der Waals surface area contributed by atoms with Crippen LogP contribution >= 0.6 is 0 Å². The van der Waals surface area contributed by atoms with Crippen molar-refractivity contribution in [1.29, 1.82) is 0 Å². The molecule has 142 valence electrons. The number of rotatable bonds is 6. The highest BCUT2D eigenvalue weighted by atomic mass is 16.5. The predicted octanol–water partition coefficient (Wildman–Crippen LogP) is 1.91. The summed E-state index contributed by atoms with van der Waals surface area (Å²) in [5.74, 6) is 0.717. The van der Waals surface area contributed by atoms with Gasteiger partial charge in [-0.05, 0) is 56.4 Å². The molecule has 0 aliphatic carbocycles. The fraction of sp³-hybridized carbons (Fsp3) is 0.579. The van der Waals surface area contributed by atoms with E-state index in [9.17, 15) is 9.59 Å². The van der Waals surface area contributed by atoms with Crippen LogP contribution in [0.4, 0.5) is 4.79 Å². The Morgan fingerprint density at radius 3 is 2.69 bits per heavy atom. The van der Waals surface area contributed by atoms with Crippen LogP contribution in [0.5, 0.6) is 5.75 Å². The molecule has 2 heterocycles. The summed E-state index contributed by atoms with van der Waals surface area (Å²) < 4.78 is 11.3. The Balaban J connectivity index is 1.57. The number of hydrogen-bond donors (Lipinski definition) is 2. The maximum Gasteiger partial charge on any atom is 0.312 e. The molecule has 0 bridgehead atoms. The summed E-state index contributed by atoms with van der Waals surface area (Å²) in [4.78, 5) is 25.7. The van der Waals surface area contributed by atoms with E-state index in [-0.39, 0.29) is 18.1 Å². The third-order valence-corrected chi connectivity index (χ3v) is 4.96. The second-order valence-electron chi connectivity index (χ2n) is 6.86. The van der Waals surface area contributed by atoms with E-state index in [1.54, 1.807) is 12.1 Å². The molecule has 0 saturated carbocycles. The number of urea groups is 1. The molecule has 7 heteroatoms. The van der Waals surface area contributed by atoms with Crippen LogP contribution in [0.3, 0.4) is 0 Å². The van der Waals surface area contributed by atoms with Gasteiger partial charge in [0, 0.05) is 31.3 Å². The summed E-state index contributed by atoms with van der Waals surface area (Å²) in [7, 11) is 0. The number of likely N-dealkylation sites (tertiary alicyclic amines) is 1. The van der Waals surface area contributed by atoms with Gasteiger partial charge in [-0.25, -0.2) is 4.79 Å². The minimum Gasteiger partial charge on any atom is -0.491 e. The molecule has 0 spiro atoms. The number of piperidine rings is 1. The van der Waals surface area contributed by atoms with Crippen LogP contribution in [0.2, 0.25) is 0 Å². The zero-order valence-corrected chi connectivity index (χ0v) is 15.0. The number of nitrogens with one attached hydrogen (secondary N) is 1. The predicted molar refractivity (Wildman–Crippen MR) is 97.2 cm³/mol. The van der Waals surface area contributed by atoms with Crippen molar-refractivity contribution in [3.8, 4) is 5.75 Å². The zero-order valence-electron chi connectivity index (χ0n) is 15.0. The molecular formula is C19H27N3O4. The topological polar surface area (TPSA) is 93.9 Å². The largest absolute Gasteiger partial charge is 0.491 e. The van der Waals surface area contributed by atoms with Crippen molar-refractivity contribution in [3.05, 3.63) is 29.8 Å². The summed E-state index contributed by atoms with van der Waals surface area (Å²) >= 11 is 0. The van der Waals surface area contributed by atoms with Crippen LogP contribution in [0, 0.1) is 0 Å². The van der Waals surface area contributed by atoms with Gasteiger partial charge in [-0.3, -0.25) is 4.79 Å². The lowest BCUT2D eigenvalue weighted by Crippen LogP contribution is -2.50. The van der Waals surface area contributed by atoms with Gasteiger partial charge in [0.15, 0.2) is 0 Å². The molecule has 3 amide bonds. The molecular weight excluding hydrogens is 334 g/mol. The van der Waals surface area contributed by atoms with Crippen LogP contribution in [0.15, 0.2) is 24.3 Å². The fourth-order valence-electron chi connectivity index (χ4n) is 3.52. The van der Waals surface area contributed by atoms with E-state index >= 15 is 0 Å². The van der Waals surface area contributed by atoms with Gasteiger partial charge in [0.2, 0.25) is 0 Å². The number of ether oxygens (including phenoxy) is 2. The first kappa shape index (κ1) is 18.5. The maximum atomic E-state index is 12.9. The van der Waals surface area contributed by atoms with Gasteiger partial charge in [0.1, 0.15) is 12.4 Å². The summed E-state index contributed by atoms with van der Waals surface area (Å²) in [6.45, 7) is 2.44. The molecule has 1 aromatic carbocycles. The first-order chi connectivity index (χ1) is 12.6. The Morgan fingerprint density at radius 1 is 1.19 bits per heavy atom. The maximum absolute atomic E-state index is 12.9. The standard InChI is InChI=1S/C19H27N3O4/c20-19(24)21-12-15-4-1-2-10-22(15)18(23)14-6-8-16(9-7-14)26-13-17-5-3-11-25-17/h6-9,15,17H,1-5,10-13H2,(H3,20,21,24)/t15-,17+/m1/s1. The highest BCUT2D eigenvalue weighted by Gasteiger charge is 2.27. The number of nitrogens with zero attached hydrogens (tertiary/aromatic N) is 1. The Labute approximate surface area is 153 Å². The van der Waals surface area contributed by atoms with Gasteiger partial charge in [-0.2, -0.15) is 0 Å². The fourth-order valence-corrected chi connectivity index (χ4v) is 3.52. The van der Waals surface area contributed by atoms with Crippen LogP contribution in [-0.2, 0) is 4.74 Å². The average Bonchev–Trinajstić information content (AvgIpc) is 3.18. The van der Waals surface area contributed by atoms with E-state index in [4.69, 9.17) is 15.2 Å². The Kier molecular flexibility index (Phi) is 6.33. The Morgan fingerprint density at radius 2 is 2.00 bits per heavy atom. The number of carbonyl (C=O) groups is 2. The third kappa shape index (κ3) is 4.88. The van der Waals surface area contributed by atoms with E-state index in [2.05, 4.69) is 5.32 Å². The number of nitrogens with two attached hydrogens (primary N) is 1. The van der Waals surface area contributed by atoms with Crippen molar-refractivity contribution in [1.82, 2.24) is 10.2 Å². The summed E-state index contributed by atoms with van der Waals surface area (Å²) in [5, 5.41) is 2.62. The van der Waals surface area contributed by atoms with Crippen LogP contribution in [-0.4, -0.2) is 55.3 Å².